The number of nitrogens with zero attached hydrogens (tertiary/aromatic N) is 4. The lowest BCUT2D eigenvalue weighted by molar-refractivity contribution is 0.483. The van der Waals surface area contributed by atoms with Gasteiger partial charge in [0, 0.05) is 23.0 Å². The number of ether oxygens (including phenoxy) is 1. The van der Waals surface area contributed by atoms with Crippen LogP contribution in [-0.4, -0.2) is 14.5 Å². The molecule has 0 atom stereocenters. The standard InChI is InChI=1S/C24H18N4O.C5H7N/c25-23-22-21(15-28(24(22)27-16-26-23)18-7-3-1-4-8-18)17-11-13-20(14-12-17)29-19-9-5-2-6-10-19;1-3-5(2)4-6/h1-16H,(H2,25,26,27);3H,1-2H3. The summed E-state index contributed by atoms with van der Waals surface area (Å²) >= 11 is 0. The first-order valence-corrected chi connectivity index (χ1v) is 11.1. The maximum absolute atomic E-state index is 8.02. The van der Waals surface area contributed by atoms with Crippen LogP contribution in [-0.2, 0) is 0 Å². The van der Waals surface area contributed by atoms with Crippen LogP contribution in [0.25, 0.3) is 27.8 Å². The Labute approximate surface area is 204 Å². The van der Waals surface area contributed by atoms with Gasteiger partial charge in [-0.25, -0.2) is 9.97 Å². The van der Waals surface area contributed by atoms with Gasteiger partial charge in [0.05, 0.1) is 11.5 Å². The van der Waals surface area contributed by atoms with E-state index >= 15 is 0 Å². The lowest BCUT2D eigenvalue weighted by atomic mass is 10.1. The molecule has 0 aliphatic rings. The lowest BCUT2D eigenvalue weighted by Gasteiger charge is -2.06. The summed E-state index contributed by atoms with van der Waals surface area (Å²) < 4.78 is 7.94. The summed E-state index contributed by atoms with van der Waals surface area (Å²) in [5.74, 6) is 2.04. The number of para-hydroxylation sites is 2. The van der Waals surface area contributed by atoms with Crippen molar-refractivity contribution in [1.82, 2.24) is 14.5 Å². The van der Waals surface area contributed by atoms with Gasteiger partial charge in [0.25, 0.3) is 0 Å². The summed E-state index contributed by atoms with van der Waals surface area (Å²) in [6.07, 6.45) is 5.33. The van der Waals surface area contributed by atoms with Crippen LogP contribution in [0, 0.1) is 11.3 Å². The molecule has 3 aromatic carbocycles. The molecule has 0 unspecified atom stereocenters. The first kappa shape index (κ1) is 23.3. The monoisotopic (exact) mass is 459 g/mol. The molecule has 0 spiro atoms. The molecule has 35 heavy (non-hydrogen) atoms. The van der Waals surface area contributed by atoms with Crippen molar-refractivity contribution in [2.45, 2.75) is 13.8 Å². The Morgan fingerprint density at radius 2 is 1.54 bits per heavy atom. The molecule has 0 radical (unpaired) electrons. The van der Waals surface area contributed by atoms with Crippen LogP contribution in [0.2, 0.25) is 0 Å². The molecule has 0 aliphatic heterocycles. The molecule has 0 bridgehead atoms. The molecule has 0 saturated carbocycles. The van der Waals surface area contributed by atoms with E-state index in [1.165, 1.54) is 6.33 Å². The Kier molecular flexibility index (Phi) is 7.19. The van der Waals surface area contributed by atoms with Crippen molar-refractivity contribution in [1.29, 1.82) is 5.26 Å². The summed E-state index contributed by atoms with van der Waals surface area (Å²) in [6, 6.07) is 29.7. The van der Waals surface area contributed by atoms with E-state index in [-0.39, 0.29) is 0 Å². The fraction of sp³-hybridized carbons (Fsp3) is 0.0690. The zero-order valence-electron chi connectivity index (χ0n) is 19.6. The molecule has 6 nitrogen and oxygen atoms in total. The average Bonchev–Trinajstić information content (AvgIpc) is 3.31. The van der Waals surface area contributed by atoms with Gasteiger partial charge < -0.3 is 15.0 Å². The van der Waals surface area contributed by atoms with Crippen LogP contribution >= 0.6 is 0 Å². The molecule has 0 amide bonds. The number of nitrogens with two attached hydrogens (primary N) is 1. The molecule has 5 rings (SSSR count). The third kappa shape index (κ3) is 5.37. The fourth-order valence-electron chi connectivity index (χ4n) is 3.48. The second-order valence-electron chi connectivity index (χ2n) is 7.73. The van der Waals surface area contributed by atoms with E-state index in [2.05, 4.69) is 16.2 Å². The smallest absolute Gasteiger partial charge is 0.150 e. The summed E-state index contributed by atoms with van der Waals surface area (Å²) in [5.41, 5.74) is 10.8. The number of nitrogen functional groups attached to an aromatic ring is 1. The van der Waals surface area contributed by atoms with Gasteiger partial charge in [-0.05, 0) is 55.8 Å². The van der Waals surface area contributed by atoms with Crippen molar-refractivity contribution in [2.75, 3.05) is 5.73 Å². The lowest BCUT2D eigenvalue weighted by Crippen LogP contribution is -1.96. The van der Waals surface area contributed by atoms with Crippen molar-refractivity contribution in [3.8, 4) is 34.4 Å². The van der Waals surface area contributed by atoms with Crippen LogP contribution in [0.1, 0.15) is 13.8 Å². The van der Waals surface area contributed by atoms with Crippen LogP contribution in [0.5, 0.6) is 11.5 Å². The molecule has 6 heteroatoms. The van der Waals surface area contributed by atoms with Gasteiger partial charge in [0.15, 0.2) is 5.65 Å². The zero-order valence-corrected chi connectivity index (χ0v) is 19.6. The summed E-state index contributed by atoms with van der Waals surface area (Å²) in [4.78, 5) is 8.69. The highest BCUT2D eigenvalue weighted by atomic mass is 16.5. The van der Waals surface area contributed by atoms with Gasteiger partial charge >= 0.3 is 0 Å². The molecule has 0 saturated heterocycles. The zero-order chi connectivity index (χ0) is 24.6. The molecule has 2 heterocycles. The molecular formula is C29H25N5O. The van der Waals surface area contributed by atoms with E-state index in [0.29, 0.717) is 5.82 Å². The van der Waals surface area contributed by atoms with Crippen LogP contribution in [0.15, 0.2) is 109 Å². The van der Waals surface area contributed by atoms with Crippen molar-refractivity contribution in [3.05, 3.63) is 109 Å². The van der Waals surface area contributed by atoms with Crippen LogP contribution in [0.4, 0.5) is 5.82 Å². The third-order valence-corrected chi connectivity index (χ3v) is 5.40. The van der Waals surface area contributed by atoms with Gasteiger partial charge in [-0.2, -0.15) is 5.26 Å². The Hall–Kier alpha value is -4.89. The second kappa shape index (κ2) is 10.8. The highest BCUT2D eigenvalue weighted by Crippen LogP contribution is 2.35. The summed E-state index contributed by atoms with van der Waals surface area (Å²) in [7, 11) is 0. The predicted molar refractivity (Wildman–Crippen MR) is 140 cm³/mol. The number of hydrogen-bond donors (Lipinski definition) is 1. The van der Waals surface area contributed by atoms with Crippen LogP contribution in [0.3, 0.4) is 0 Å². The summed E-state index contributed by atoms with van der Waals surface area (Å²) in [6.45, 7) is 3.62. The fourth-order valence-corrected chi connectivity index (χ4v) is 3.48. The minimum atomic E-state index is 0.462. The number of allylic oxidation sites excluding steroid dienone is 2. The Bertz CT molecular complexity index is 1480. The Balaban J connectivity index is 0.000000431. The molecule has 0 fully saturated rings. The van der Waals surface area contributed by atoms with Gasteiger partial charge in [-0.3, -0.25) is 0 Å². The van der Waals surface area contributed by atoms with Gasteiger partial charge in [0.1, 0.15) is 23.6 Å². The van der Waals surface area contributed by atoms with Crippen molar-refractivity contribution >= 4 is 16.9 Å². The number of rotatable bonds is 4. The minimum absolute atomic E-state index is 0.462. The van der Waals surface area contributed by atoms with Crippen LogP contribution < -0.4 is 10.5 Å². The topological polar surface area (TPSA) is 89.8 Å². The van der Waals surface area contributed by atoms with Gasteiger partial charge in [0.2, 0.25) is 0 Å². The van der Waals surface area contributed by atoms with Crippen molar-refractivity contribution in [2.24, 2.45) is 0 Å². The largest absolute Gasteiger partial charge is 0.457 e. The minimum Gasteiger partial charge on any atom is -0.457 e. The Morgan fingerprint density at radius 3 is 2.14 bits per heavy atom. The molecule has 2 aromatic heterocycles. The molecule has 2 N–H and O–H groups in total. The van der Waals surface area contributed by atoms with E-state index in [0.717, 1.165) is 44.9 Å². The number of anilines is 1. The van der Waals surface area contributed by atoms with Crippen molar-refractivity contribution in [3.63, 3.8) is 0 Å². The van der Waals surface area contributed by atoms with E-state index in [9.17, 15) is 0 Å². The molecule has 5 aromatic rings. The molecular weight excluding hydrogens is 434 g/mol. The number of fused-ring (bicyclic) bond motifs is 1. The third-order valence-electron chi connectivity index (χ3n) is 5.40. The summed E-state index contributed by atoms with van der Waals surface area (Å²) in [5, 5.41) is 8.86. The number of benzene rings is 3. The molecule has 172 valence electrons. The van der Waals surface area contributed by atoms with E-state index < -0.39 is 0 Å². The average molecular weight is 460 g/mol. The normalized spacial score (nSPS) is 10.8. The van der Waals surface area contributed by atoms with Gasteiger partial charge in [-0.15, -0.1) is 0 Å². The first-order valence-electron chi connectivity index (χ1n) is 11.1. The SMILES string of the molecule is CC=C(C)C#N.Nc1ncnc2c1c(-c1ccc(Oc3ccccc3)cc1)cn2-c1ccccc1. The number of nitriles is 1. The van der Waals surface area contributed by atoms with E-state index in [4.69, 9.17) is 15.7 Å². The first-order chi connectivity index (χ1) is 17.1. The number of hydrogen-bond acceptors (Lipinski definition) is 5. The maximum atomic E-state index is 8.02. The predicted octanol–water partition coefficient (Wildman–Crippen LogP) is 6.94. The highest BCUT2D eigenvalue weighted by molar-refractivity contribution is 6.01. The highest BCUT2D eigenvalue weighted by Gasteiger charge is 2.16. The molecule has 0 aliphatic carbocycles. The quantitative estimate of drug-likeness (QED) is 0.294. The van der Waals surface area contributed by atoms with E-state index in [1.807, 2.05) is 102 Å². The van der Waals surface area contributed by atoms with Crippen molar-refractivity contribution < 1.29 is 4.74 Å². The maximum Gasteiger partial charge on any atom is 0.150 e. The number of aromatic nitrogens is 3. The second-order valence-corrected chi connectivity index (χ2v) is 7.73. The Morgan fingerprint density at radius 1 is 0.914 bits per heavy atom. The van der Waals surface area contributed by atoms with E-state index in [1.54, 1.807) is 13.0 Å². The van der Waals surface area contributed by atoms with Gasteiger partial charge in [-0.1, -0.05) is 54.6 Å².